The maximum atomic E-state index is 5.33. The fourth-order valence-corrected chi connectivity index (χ4v) is 3.34. The van der Waals surface area contributed by atoms with Gasteiger partial charge in [0, 0.05) is 18.1 Å². The van der Waals surface area contributed by atoms with Crippen molar-refractivity contribution in [2.45, 2.75) is 32.6 Å². The molecule has 2 aromatic rings. The first-order chi connectivity index (χ1) is 10.3. The first-order valence-electron chi connectivity index (χ1n) is 7.94. The number of hydrogen-bond acceptors (Lipinski definition) is 3. The van der Waals surface area contributed by atoms with Gasteiger partial charge in [0.05, 0.1) is 7.11 Å². The van der Waals surface area contributed by atoms with Gasteiger partial charge in [0.2, 0.25) is 0 Å². The molecule has 3 nitrogen and oxygen atoms in total. The number of benzene rings is 1. The molecule has 1 aliphatic carbocycles. The number of anilines is 1. The minimum atomic E-state index is 0.765. The van der Waals surface area contributed by atoms with Crippen LogP contribution < -0.4 is 10.1 Å². The van der Waals surface area contributed by atoms with Crippen molar-refractivity contribution in [3.05, 3.63) is 30.5 Å². The summed E-state index contributed by atoms with van der Waals surface area (Å²) in [6.45, 7) is 3.40. The highest BCUT2D eigenvalue weighted by molar-refractivity contribution is 5.92. The van der Waals surface area contributed by atoms with Crippen molar-refractivity contribution in [1.82, 2.24) is 4.98 Å². The lowest BCUT2D eigenvalue weighted by Gasteiger charge is -2.29. The van der Waals surface area contributed by atoms with Crippen LogP contribution in [-0.4, -0.2) is 18.6 Å². The molecule has 2 unspecified atom stereocenters. The van der Waals surface area contributed by atoms with Crippen LogP contribution in [0.25, 0.3) is 10.8 Å². The third-order valence-electron chi connectivity index (χ3n) is 4.79. The number of rotatable bonds is 4. The molecule has 1 aromatic carbocycles. The SMILES string of the molecule is COc1ccc2ccnc(NCC3CCCCC3C)c2c1. The van der Waals surface area contributed by atoms with E-state index < -0.39 is 0 Å². The molecule has 0 amide bonds. The zero-order chi connectivity index (χ0) is 14.7. The summed E-state index contributed by atoms with van der Waals surface area (Å²) < 4.78 is 5.33. The van der Waals surface area contributed by atoms with Crippen LogP contribution in [0.1, 0.15) is 32.6 Å². The fourth-order valence-electron chi connectivity index (χ4n) is 3.34. The predicted molar refractivity (Wildman–Crippen MR) is 87.9 cm³/mol. The van der Waals surface area contributed by atoms with Crippen molar-refractivity contribution in [1.29, 1.82) is 0 Å². The van der Waals surface area contributed by atoms with E-state index in [0.29, 0.717) is 0 Å². The molecule has 0 spiro atoms. The Labute approximate surface area is 126 Å². The van der Waals surface area contributed by atoms with Gasteiger partial charge < -0.3 is 10.1 Å². The molecular weight excluding hydrogens is 260 g/mol. The van der Waals surface area contributed by atoms with Crippen molar-refractivity contribution in [2.24, 2.45) is 11.8 Å². The highest BCUT2D eigenvalue weighted by atomic mass is 16.5. The van der Waals surface area contributed by atoms with E-state index in [2.05, 4.69) is 29.4 Å². The molecule has 3 rings (SSSR count). The van der Waals surface area contributed by atoms with E-state index in [1.54, 1.807) is 7.11 Å². The summed E-state index contributed by atoms with van der Waals surface area (Å²) in [5.41, 5.74) is 0. The Bertz CT molecular complexity index is 611. The van der Waals surface area contributed by atoms with Gasteiger partial charge in [-0.3, -0.25) is 0 Å². The Morgan fingerprint density at radius 1 is 1.24 bits per heavy atom. The third kappa shape index (κ3) is 3.12. The Balaban J connectivity index is 1.79. The molecular formula is C18H24N2O. The van der Waals surface area contributed by atoms with Gasteiger partial charge in [-0.05, 0) is 41.8 Å². The third-order valence-corrected chi connectivity index (χ3v) is 4.79. The van der Waals surface area contributed by atoms with Crippen LogP contribution in [0, 0.1) is 11.8 Å². The number of hydrogen-bond donors (Lipinski definition) is 1. The van der Waals surface area contributed by atoms with Crippen LogP contribution in [-0.2, 0) is 0 Å². The first-order valence-corrected chi connectivity index (χ1v) is 7.94. The molecule has 0 radical (unpaired) electrons. The number of ether oxygens (including phenoxy) is 1. The molecule has 0 aliphatic heterocycles. The van der Waals surface area contributed by atoms with Crippen LogP contribution in [0.3, 0.4) is 0 Å². The monoisotopic (exact) mass is 284 g/mol. The van der Waals surface area contributed by atoms with Crippen LogP contribution >= 0.6 is 0 Å². The molecule has 2 atom stereocenters. The summed E-state index contributed by atoms with van der Waals surface area (Å²) in [6, 6.07) is 8.19. The highest BCUT2D eigenvalue weighted by Gasteiger charge is 2.21. The molecule has 1 fully saturated rings. The molecule has 1 saturated carbocycles. The summed E-state index contributed by atoms with van der Waals surface area (Å²) in [4.78, 5) is 4.53. The lowest BCUT2D eigenvalue weighted by molar-refractivity contribution is 0.268. The Morgan fingerprint density at radius 2 is 2.10 bits per heavy atom. The van der Waals surface area contributed by atoms with Crippen molar-refractivity contribution < 1.29 is 4.74 Å². The minimum Gasteiger partial charge on any atom is -0.497 e. The second-order valence-electron chi connectivity index (χ2n) is 6.15. The highest BCUT2D eigenvalue weighted by Crippen LogP contribution is 2.31. The van der Waals surface area contributed by atoms with E-state index >= 15 is 0 Å². The van der Waals surface area contributed by atoms with E-state index in [9.17, 15) is 0 Å². The van der Waals surface area contributed by atoms with Gasteiger partial charge in [0.1, 0.15) is 11.6 Å². The Hall–Kier alpha value is -1.77. The average molecular weight is 284 g/mol. The predicted octanol–water partition coefficient (Wildman–Crippen LogP) is 4.48. The molecule has 1 N–H and O–H groups in total. The van der Waals surface area contributed by atoms with Crippen LogP contribution in [0.4, 0.5) is 5.82 Å². The van der Waals surface area contributed by atoms with Crippen molar-refractivity contribution in [3.8, 4) is 5.75 Å². The topological polar surface area (TPSA) is 34.1 Å². The van der Waals surface area contributed by atoms with Gasteiger partial charge in [0.15, 0.2) is 0 Å². The summed E-state index contributed by atoms with van der Waals surface area (Å²) >= 11 is 0. The summed E-state index contributed by atoms with van der Waals surface area (Å²) in [5.74, 6) is 3.44. The maximum absolute atomic E-state index is 5.33. The molecule has 3 heteroatoms. The number of nitrogens with zero attached hydrogens (tertiary/aromatic N) is 1. The Kier molecular flexibility index (Phi) is 4.28. The zero-order valence-corrected chi connectivity index (χ0v) is 12.9. The molecule has 112 valence electrons. The first kappa shape index (κ1) is 14.2. The lowest BCUT2D eigenvalue weighted by atomic mass is 9.80. The van der Waals surface area contributed by atoms with E-state index in [-0.39, 0.29) is 0 Å². The fraction of sp³-hybridized carbons (Fsp3) is 0.500. The maximum Gasteiger partial charge on any atom is 0.133 e. The summed E-state index contributed by atoms with van der Waals surface area (Å²) in [5, 5.41) is 5.91. The van der Waals surface area contributed by atoms with Crippen molar-refractivity contribution in [3.63, 3.8) is 0 Å². The quantitative estimate of drug-likeness (QED) is 0.898. The van der Waals surface area contributed by atoms with Gasteiger partial charge in [0.25, 0.3) is 0 Å². The molecule has 21 heavy (non-hydrogen) atoms. The average Bonchev–Trinajstić information content (AvgIpc) is 2.53. The van der Waals surface area contributed by atoms with E-state index in [4.69, 9.17) is 4.74 Å². The van der Waals surface area contributed by atoms with Gasteiger partial charge >= 0.3 is 0 Å². The number of methoxy groups -OCH3 is 1. The number of aromatic nitrogens is 1. The summed E-state index contributed by atoms with van der Waals surface area (Å²) in [7, 11) is 1.70. The van der Waals surface area contributed by atoms with E-state index in [1.807, 2.05) is 18.3 Å². The Morgan fingerprint density at radius 3 is 2.90 bits per heavy atom. The number of fused-ring (bicyclic) bond motifs is 1. The van der Waals surface area contributed by atoms with Gasteiger partial charge in [-0.25, -0.2) is 4.98 Å². The second-order valence-corrected chi connectivity index (χ2v) is 6.15. The van der Waals surface area contributed by atoms with E-state index in [1.165, 1.54) is 31.1 Å². The molecule has 0 bridgehead atoms. The van der Waals surface area contributed by atoms with E-state index in [0.717, 1.165) is 35.3 Å². The van der Waals surface area contributed by atoms with Crippen LogP contribution in [0.2, 0.25) is 0 Å². The van der Waals surface area contributed by atoms with Gasteiger partial charge in [-0.1, -0.05) is 32.3 Å². The molecule has 1 heterocycles. The van der Waals surface area contributed by atoms with Crippen molar-refractivity contribution >= 4 is 16.6 Å². The summed E-state index contributed by atoms with van der Waals surface area (Å²) in [6.07, 6.45) is 7.34. The smallest absolute Gasteiger partial charge is 0.133 e. The zero-order valence-electron chi connectivity index (χ0n) is 12.9. The van der Waals surface area contributed by atoms with Crippen molar-refractivity contribution in [2.75, 3.05) is 19.0 Å². The molecule has 1 aliphatic rings. The molecule has 0 saturated heterocycles. The standard InChI is InChI=1S/C18H24N2O/c1-13-5-3-4-6-15(13)12-20-18-17-11-16(21-2)8-7-14(17)9-10-19-18/h7-11,13,15H,3-6,12H2,1-2H3,(H,19,20). The van der Waals surface area contributed by atoms with Gasteiger partial charge in [-0.15, -0.1) is 0 Å². The lowest BCUT2D eigenvalue weighted by Crippen LogP contribution is -2.24. The van der Waals surface area contributed by atoms with Crippen LogP contribution in [0.15, 0.2) is 30.5 Å². The normalized spacial score (nSPS) is 22.2. The minimum absolute atomic E-state index is 0.765. The van der Waals surface area contributed by atoms with Crippen LogP contribution in [0.5, 0.6) is 5.75 Å². The van der Waals surface area contributed by atoms with Gasteiger partial charge in [-0.2, -0.15) is 0 Å². The second kappa shape index (κ2) is 6.33. The molecule has 1 aromatic heterocycles. The number of nitrogens with one attached hydrogen (secondary N) is 1. The largest absolute Gasteiger partial charge is 0.497 e. The number of pyridine rings is 1.